The first-order valence-electron chi connectivity index (χ1n) is 13.7. The minimum atomic E-state index is -0.119. The fraction of sp³-hybridized carbons (Fsp3) is 0.933. The van der Waals surface area contributed by atoms with Crippen molar-refractivity contribution < 1.29 is 5.11 Å². The molecule has 1 N–H and O–H groups in total. The second-order valence-corrected chi connectivity index (χ2v) is 14.7. The summed E-state index contributed by atoms with van der Waals surface area (Å²) in [5.74, 6) is 3.88. The van der Waals surface area contributed by atoms with Crippen LogP contribution < -0.4 is 0 Å². The Balaban J connectivity index is 1.54. The number of hydrogen-bond donors (Lipinski definition) is 1. The first-order valence-corrected chi connectivity index (χ1v) is 13.7. The Hall–Kier alpha value is -0.300. The first kappa shape index (κ1) is 22.5. The molecule has 5 aliphatic carbocycles. The lowest BCUT2D eigenvalue weighted by molar-refractivity contribution is -0.251. The van der Waals surface area contributed by atoms with Gasteiger partial charge in [0.1, 0.15) is 0 Å². The van der Waals surface area contributed by atoms with Crippen molar-refractivity contribution in [3.05, 3.63) is 12.2 Å². The number of rotatable bonds is 0. The zero-order valence-electron chi connectivity index (χ0n) is 21.7. The van der Waals surface area contributed by atoms with Gasteiger partial charge in [-0.1, -0.05) is 60.6 Å². The van der Waals surface area contributed by atoms with Crippen LogP contribution in [0.1, 0.15) is 113 Å². The third-order valence-corrected chi connectivity index (χ3v) is 13.6. The van der Waals surface area contributed by atoms with E-state index >= 15 is 0 Å². The van der Waals surface area contributed by atoms with Crippen LogP contribution in [0.4, 0.5) is 0 Å². The molecule has 0 aliphatic heterocycles. The third-order valence-electron chi connectivity index (χ3n) is 13.6. The summed E-state index contributed by atoms with van der Waals surface area (Å²) in [5, 5.41) is 10.9. The monoisotopic (exact) mass is 426 g/mol. The molecule has 0 unspecified atom stereocenters. The highest BCUT2D eigenvalue weighted by Crippen LogP contribution is 2.76. The summed E-state index contributed by atoms with van der Waals surface area (Å²) in [7, 11) is 0. The van der Waals surface area contributed by atoms with Crippen LogP contribution in [0.5, 0.6) is 0 Å². The maximum atomic E-state index is 10.9. The smallest absolute Gasteiger partial charge is 0.0594 e. The standard InChI is InChI=1S/C30H50O/c1-19-11-14-27(5)17-18-29(7)21(25(27)20(19)2)9-10-23-28(6)15-13-24(31)26(3,4)22(28)12-16-30(23,29)8/h20-25,31H,1,9-18H2,2-8H3/t20-,21+,22-,23+,24+,25-,27+,28-,29+,30+/m1/s1. The Labute approximate surface area is 192 Å². The lowest BCUT2D eigenvalue weighted by Crippen LogP contribution is -2.67. The molecule has 1 nitrogen and oxygen atoms in total. The van der Waals surface area contributed by atoms with Gasteiger partial charge in [0.2, 0.25) is 0 Å². The number of allylic oxidation sites excluding steroid dienone is 1. The van der Waals surface area contributed by atoms with E-state index in [9.17, 15) is 5.11 Å². The van der Waals surface area contributed by atoms with Gasteiger partial charge in [-0.25, -0.2) is 0 Å². The van der Waals surface area contributed by atoms with Crippen molar-refractivity contribution in [1.29, 1.82) is 0 Å². The average Bonchev–Trinajstić information content (AvgIpc) is 2.69. The lowest BCUT2D eigenvalue weighted by Gasteiger charge is -2.73. The minimum absolute atomic E-state index is 0.0623. The van der Waals surface area contributed by atoms with Crippen LogP contribution in [0.2, 0.25) is 0 Å². The van der Waals surface area contributed by atoms with Crippen LogP contribution in [0.15, 0.2) is 12.2 Å². The van der Waals surface area contributed by atoms with Crippen LogP contribution in [0.25, 0.3) is 0 Å². The fourth-order valence-corrected chi connectivity index (χ4v) is 11.4. The zero-order chi connectivity index (χ0) is 22.6. The minimum Gasteiger partial charge on any atom is -0.393 e. The topological polar surface area (TPSA) is 20.2 Å². The van der Waals surface area contributed by atoms with Crippen LogP contribution in [-0.4, -0.2) is 11.2 Å². The van der Waals surface area contributed by atoms with E-state index in [1.165, 1.54) is 63.4 Å². The Kier molecular flexibility index (Phi) is 4.82. The van der Waals surface area contributed by atoms with Crippen molar-refractivity contribution in [2.24, 2.45) is 56.7 Å². The van der Waals surface area contributed by atoms with Gasteiger partial charge in [0.15, 0.2) is 0 Å². The number of fused-ring (bicyclic) bond motifs is 7. The molecule has 0 heterocycles. The summed E-state index contributed by atoms with van der Waals surface area (Å²) in [5.41, 5.74) is 3.43. The molecular weight excluding hydrogens is 376 g/mol. The van der Waals surface area contributed by atoms with E-state index in [4.69, 9.17) is 0 Å². The third kappa shape index (κ3) is 2.65. The fourth-order valence-electron chi connectivity index (χ4n) is 11.4. The van der Waals surface area contributed by atoms with Gasteiger partial charge in [-0.05, 0) is 121 Å². The van der Waals surface area contributed by atoms with E-state index < -0.39 is 0 Å². The predicted octanol–water partition coefficient (Wildman–Crippen LogP) is 8.02. The highest BCUT2D eigenvalue weighted by Gasteiger charge is 2.69. The van der Waals surface area contributed by atoms with Crippen molar-refractivity contribution in [2.75, 3.05) is 0 Å². The Morgan fingerprint density at radius 2 is 1.48 bits per heavy atom. The summed E-state index contributed by atoms with van der Waals surface area (Å²) in [6.07, 6.45) is 13.2. The molecule has 31 heavy (non-hydrogen) atoms. The highest BCUT2D eigenvalue weighted by molar-refractivity contribution is 5.21. The molecule has 0 aromatic rings. The number of aliphatic hydroxyl groups excluding tert-OH is 1. The quantitative estimate of drug-likeness (QED) is 0.389. The molecule has 5 saturated carbocycles. The summed E-state index contributed by atoms with van der Waals surface area (Å²) in [6.45, 7) is 22.6. The number of aliphatic hydroxyl groups is 1. The van der Waals surface area contributed by atoms with Gasteiger partial charge in [-0.15, -0.1) is 0 Å². The second kappa shape index (κ2) is 6.64. The van der Waals surface area contributed by atoms with Gasteiger partial charge in [-0.3, -0.25) is 0 Å². The summed E-state index contributed by atoms with van der Waals surface area (Å²) < 4.78 is 0. The summed E-state index contributed by atoms with van der Waals surface area (Å²) in [6, 6.07) is 0. The second-order valence-electron chi connectivity index (χ2n) is 14.7. The highest BCUT2D eigenvalue weighted by atomic mass is 16.3. The van der Waals surface area contributed by atoms with Crippen molar-refractivity contribution in [1.82, 2.24) is 0 Å². The molecule has 10 atom stereocenters. The molecule has 0 aromatic heterocycles. The van der Waals surface area contributed by atoms with E-state index in [0.717, 1.165) is 24.2 Å². The predicted molar refractivity (Wildman–Crippen MR) is 131 cm³/mol. The molecule has 5 fully saturated rings. The van der Waals surface area contributed by atoms with E-state index in [1.54, 1.807) is 0 Å². The van der Waals surface area contributed by atoms with Crippen LogP contribution >= 0.6 is 0 Å². The van der Waals surface area contributed by atoms with Gasteiger partial charge < -0.3 is 5.11 Å². The molecule has 0 aromatic carbocycles. The van der Waals surface area contributed by atoms with E-state index in [-0.39, 0.29) is 11.5 Å². The molecule has 176 valence electrons. The van der Waals surface area contributed by atoms with Crippen LogP contribution in [-0.2, 0) is 0 Å². The molecular formula is C30H50O. The Morgan fingerprint density at radius 1 is 0.774 bits per heavy atom. The molecule has 5 aliphatic rings. The molecule has 5 rings (SSSR count). The molecule has 0 spiro atoms. The van der Waals surface area contributed by atoms with E-state index in [2.05, 4.69) is 55.0 Å². The maximum absolute atomic E-state index is 10.9. The summed E-state index contributed by atoms with van der Waals surface area (Å²) >= 11 is 0. The normalized spacial score (nSPS) is 58.5. The average molecular weight is 427 g/mol. The van der Waals surface area contributed by atoms with Crippen molar-refractivity contribution in [3.8, 4) is 0 Å². The van der Waals surface area contributed by atoms with Gasteiger partial charge in [0, 0.05) is 0 Å². The van der Waals surface area contributed by atoms with Crippen LogP contribution in [0, 0.1) is 56.7 Å². The van der Waals surface area contributed by atoms with Gasteiger partial charge in [0.05, 0.1) is 6.10 Å². The Bertz CT molecular complexity index is 766. The van der Waals surface area contributed by atoms with Crippen LogP contribution in [0.3, 0.4) is 0 Å². The molecule has 0 saturated heterocycles. The molecule has 0 radical (unpaired) electrons. The summed E-state index contributed by atoms with van der Waals surface area (Å²) in [4.78, 5) is 0. The molecule has 1 heteroatoms. The van der Waals surface area contributed by atoms with E-state index in [1.807, 2.05) is 0 Å². The first-order chi connectivity index (χ1) is 14.3. The van der Waals surface area contributed by atoms with Gasteiger partial charge in [-0.2, -0.15) is 0 Å². The SMILES string of the molecule is C=C1CC[C@@]2(C)CC[C@@]3(C)[C@@H](CC[C@H]4[C@]5(C)CC[C@H](O)C(C)(C)[C@H]5CC[C@@]43C)[C@H]2[C@@H]1C. The van der Waals surface area contributed by atoms with Crippen molar-refractivity contribution >= 4 is 0 Å². The van der Waals surface area contributed by atoms with E-state index in [0.29, 0.717) is 33.5 Å². The molecule has 0 amide bonds. The van der Waals surface area contributed by atoms with Crippen molar-refractivity contribution in [3.63, 3.8) is 0 Å². The Morgan fingerprint density at radius 3 is 2.19 bits per heavy atom. The van der Waals surface area contributed by atoms with Gasteiger partial charge >= 0.3 is 0 Å². The number of hydrogen-bond acceptors (Lipinski definition) is 1. The molecule has 0 bridgehead atoms. The van der Waals surface area contributed by atoms with Gasteiger partial charge in [0.25, 0.3) is 0 Å². The lowest BCUT2D eigenvalue weighted by atomic mass is 9.31. The maximum Gasteiger partial charge on any atom is 0.0594 e. The largest absolute Gasteiger partial charge is 0.393 e. The zero-order valence-corrected chi connectivity index (χ0v) is 21.7. The van der Waals surface area contributed by atoms with Crippen molar-refractivity contribution in [2.45, 2.75) is 119 Å².